The lowest BCUT2D eigenvalue weighted by Crippen LogP contribution is -2.54. The molecule has 4 nitrogen and oxygen atoms in total. The Morgan fingerprint density at radius 3 is 2.91 bits per heavy atom. The number of rotatable bonds is 3. The maximum Gasteiger partial charge on any atom is 0.255 e. The van der Waals surface area contributed by atoms with E-state index in [9.17, 15) is 14.1 Å². The van der Waals surface area contributed by atoms with Crippen molar-refractivity contribution in [3.8, 4) is 0 Å². The topological polar surface area (TPSA) is 57.6 Å². The molecule has 5 heteroatoms. The molecular formula is C18H25NO3S. The fraction of sp³-hybridized carbons (Fsp3) is 0.611. The summed E-state index contributed by atoms with van der Waals surface area (Å²) in [6, 6.07) is 7.21. The quantitative estimate of drug-likeness (QED) is 0.924. The summed E-state index contributed by atoms with van der Waals surface area (Å²) >= 11 is 0. The van der Waals surface area contributed by atoms with Gasteiger partial charge in [0, 0.05) is 24.8 Å². The Morgan fingerprint density at radius 1 is 1.35 bits per heavy atom. The van der Waals surface area contributed by atoms with Crippen molar-refractivity contribution in [3.05, 3.63) is 29.8 Å². The van der Waals surface area contributed by atoms with Crippen molar-refractivity contribution >= 4 is 16.7 Å². The average molecular weight is 335 g/mol. The third-order valence-electron chi connectivity index (χ3n) is 5.34. The number of hydrogen-bond donors (Lipinski definition) is 1. The molecule has 0 aromatic heterocycles. The standard InChI is InChI=1S/C18H25NO3S/c1-2-23(22)16-9-4-3-8-15(16)17(20)19-12-11-18(21)10-6-5-7-14(18)13-19/h3-4,8-9,14,21H,2,5-7,10-13H2,1H3. The highest BCUT2D eigenvalue weighted by atomic mass is 32.2. The monoisotopic (exact) mass is 335 g/mol. The second-order valence-corrected chi connectivity index (χ2v) is 8.39. The summed E-state index contributed by atoms with van der Waals surface area (Å²) in [6.07, 6.45) is 4.71. The predicted molar refractivity (Wildman–Crippen MR) is 90.8 cm³/mol. The minimum absolute atomic E-state index is 0.0463. The van der Waals surface area contributed by atoms with Crippen LogP contribution in [0.15, 0.2) is 29.2 Å². The minimum Gasteiger partial charge on any atom is -0.389 e. The van der Waals surface area contributed by atoms with E-state index in [4.69, 9.17) is 0 Å². The molecule has 1 saturated carbocycles. The van der Waals surface area contributed by atoms with Crippen molar-refractivity contribution in [3.63, 3.8) is 0 Å². The van der Waals surface area contributed by atoms with Crippen molar-refractivity contribution in [1.29, 1.82) is 0 Å². The molecule has 3 rings (SSSR count). The van der Waals surface area contributed by atoms with Crippen LogP contribution in [0.5, 0.6) is 0 Å². The Balaban J connectivity index is 1.81. The second kappa shape index (κ2) is 6.73. The van der Waals surface area contributed by atoms with Gasteiger partial charge in [-0.15, -0.1) is 0 Å². The van der Waals surface area contributed by atoms with Gasteiger partial charge in [0.15, 0.2) is 0 Å². The summed E-state index contributed by atoms with van der Waals surface area (Å²) in [5.41, 5.74) is -0.0326. The van der Waals surface area contributed by atoms with Gasteiger partial charge in [-0.2, -0.15) is 0 Å². The van der Waals surface area contributed by atoms with Gasteiger partial charge in [0.05, 0.1) is 26.9 Å². The highest BCUT2D eigenvalue weighted by molar-refractivity contribution is 7.85. The van der Waals surface area contributed by atoms with Crippen LogP contribution in [0, 0.1) is 5.92 Å². The lowest BCUT2D eigenvalue weighted by molar-refractivity contribution is -0.0886. The smallest absolute Gasteiger partial charge is 0.255 e. The van der Waals surface area contributed by atoms with Crippen LogP contribution in [-0.2, 0) is 10.8 Å². The van der Waals surface area contributed by atoms with Crippen molar-refractivity contribution < 1.29 is 14.1 Å². The number of piperidine rings is 1. The van der Waals surface area contributed by atoms with Crippen LogP contribution in [0.1, 0.15) is 49.4 Å². The molecule has 1 aliphatic carbocycles. The molecule has 1 aliphatic heterocycles. The molecule has 1 saturated heterocycles. The third-order valence-corrected chi connectivity index (χ3v) is 6.71. The summed E-state index contributed by atoms with van der Waals surface area (Å²) in [4.78, 5) is 15.4. The summed E-state index contributed by atoms with van der Waals surface area (Å²) < 4.78 is 12.2. The molecule has 0 spiro atoms. The van der Waals surface area contributed by atoms with Gasteiger partial charge in [0.1, 0.15) is 0 Å². The summed E-state index contributed by atoms with van der Waals surface area (Å²) in [5.74, 6) is 0.639. The molecule has 0 radical (unpaired) electrons. The fourth-order valence-corrected chi connectivity index (χ4v) is 4.87. The molecule has 1 aromatic rings. The van der Waals surface area contributed by atoms with Gasteiger partial charge in [0.2, 0.25) is 0 Å². The number of nitrogens with zero attached hydrogens (tertiary/aromatic N) is 1. The average Bonchev–Trinajstić information content (AvgIpc) is 2.59. The van der Waals surface area contributed by atoms with Gasteiger partial charge < -0.3 is 10.0 Å². The second-order valence-electron chi connectivity index (χ2n) is 6.68. The molecule has 1 N–H and O–H groups in total. The van der Waals surface area contributed by atoms with Crippen LogP contribution in [-0.4, -0.2) is 44.6 Å². The largest absolute Gasteiger partial charge is 0.389 e. The van der Waals surface area contributed by atoms with E-state index in [1.54, 1.807) is 12.1 Å². The number of carbonyl (C=O) groups excluding carboxylic acids is 1. The first-order chi connectivity index (χ1) is 11.0. The van der Waals surface area contributed by atoms with E-state index in [1.165, 1.54) is 0 Å². The third kappa shape index (κ3) is 3.22. The van der Waals surface area contributed by atoms with Gasteiger partial charge in [0.25, 0.3) is 5.91 Å². The Kier molecular flexibility index (Phi) is 4.87. The van der Waals surface area contributed by atoms with Gasteiger partial charge in [-0.3, -0.25) is 9.00 Å². The van der Waals surface area contributed by atoms with E-state index >= 15 is 0 Å². The van der Waals surface area contributed by atoms with Crippen molar-refractivity contribution in [2.75, 3.05) is 18.8 Å². The normalized spacial score (nSPS) is 29.0. The zero-order valence-corrected chi connectivity index (χ0v) is 14.5. The maximum absolute atomic E-state index is 12.9. The number of aliphatic hydroxyl groups is 1. The first kappa shape index (κ1) is 16.7. The minimum atomic E-state index is -1.14. The van der Waals surface area contributed by atoms with E-state index in [1.807, 2.05) is 24.0 Å². The molecule has 23 heavy (non-hydrogen) atoms. The number of likely N-dealkylation sites (tertiary alicyclic amines) is 1. The Bertz CT molecular complexity index is 618. The van der Waals surface area contributed by atoms with Gasteiger partial charge >= 0.3 is 0 Å². The van der Waals surface area contributed by atoms with E-state index in [-0.39, 0.29) is 11.8 Å². The van der Waals surface area contributed by atoms with E-state index in [0.717, 1.165) is 25.7 Å². The number of amides is 1. The Hall–Kier alpha value is -1.20. The van der Waals surface area contributed by atoms with Crippen LogP contribution in [0.2, 0.25) is 0 Å². The fourth-order valence-electron chi connectivity index (χ4n) is 3.92. The molecule has 3 atom stereocenters. The lowest BCUT2D eigenvalue weighted by atomic mass is 9.71. The van der Waals surface area contributed by atoms with Gasteiger partial charge in [-0.05, 0) is 31.4 Å². The zero-order valence-electron chi connectivity index (χ0n) is 13.7. The molecule has 1 aromatic carbocycles. The first-order valence-corrected chi connectivity index (χ1v) is 9.86. The van der Waals surface area contributed by atoms with Crippen LogP contribution < -0.4 is 0 Å². The molecule has 0 bridgehead atoms. The highest BCUT2D eigenvalue weighted by Crippen LogP contribution is 2.40. The highest BCUT2D eigenvalue weighted by Gasteiger charge is 2.44. The molecule has 2 aliphatic rings. The van der Waals surface area contributed by atoms with E-state index < -0.39 is 16.4 Å². The number of benzene rings is 1. The van der Waals surface area contributed by atoms with Crippen molar-refractivity contribution in [2.45, 2.75) is 49.5 Å². The van der Waals surface area contributed by atoms with E-state index in [2.05, 4.69) is 0 Å². The molecule has 1 heterocycles. The summed E-state index contributed by atoms with van der Waals surface area (Å²) in [6.45, 7) is 3.06. The van der Waals surface area contributed by atoms with Crippen molar-refractivity contribution in [2.24, 2.45) is 5.92 Å². The number of hydrogen-bond acceptors (Lipinski definition) is 3. The first-order valence-electron chi connectivity index (χ1n) is 8.54. The Morgan fingerprint density at radius 2 is 2.13 bits per heavy atom. The van der Waals surface area contributed by atoms with Gasteiger partial charge in [-0.25, -0.2) is 0 Å². The summed E-state index contributed by atoms with van der Waals surface area (Å²) in [5, 5.41) is 10.8. The molecule has 1 amide bonds. The number of carbonyl (C=O) groups is 1. The maximum atomic E-state index is 12.9. The number of fused-ring (bicyclic) bond motifs is 1. The van der Waals surface area contributed by atoms with E-state index in [0.29, 0.717) is 35.7 Å². The predicted octanol–water partition coefficient (Wildman–Crippen LogP) is 2.58. The van der Waals surface area contributed by atoms with Crippen LogP contribution in [0.3, 0.4) is 0 Å². The zero-order chi connectivity index (χ0) is 16.4. The van der Waals surface area contributed by atoms with Crippen LogP contribution in [0.4, 0.5) is 0 Å². The van der Waals surface area contributed by atoms with Crippen LogP contribution in [0.25, 0.3) is 0 Å². The Labute approximate surface area is 140 Å². The molecule has 3 unspecified atom stereocenters. The molecule has 126 valence electrons. The SMILES string of the molecule is CCS(=O)c1ccccc1C(=O)N1CCC2(O)CCCCC2C1. The molecular weight excluding hydrogens is 310 g/mol. The lowest BCUT2D eigenvalue weighted by Gasteiger charge is -2.47. The summed E-state index contributed by atoms with van der Waals surface area (Å²) in [7, 11) is -1.14. The van der Waals surface area contributed by atoms with Crippen LogP contribution >= 0.6 is 0 Å². The van der Waals surface area contributed by atoms with Crippen molar-refractivity contribution in [1.82, 2.24) is 4.90 Å². The van der Waals surface area contributed by atoms with Gasteiger partial charge in [-0.1, -0.05) is 31.9 Å². The molecule has 2 fully saturated rings.